The Hall–Kier alpha value is -3.06. The van der Waals surface area contributed by atoms with E-state index in [2.05, 4.69) is 37.6 Å². The summed E-state index contributed by atoms with van der Waals surface area (Å²) in [6.45, 7) is 3.72. The predicted molar refractivity (Wildman–Crippen MR) is 110 cm³/mol. The highest BCUT2D eigenvalue weighted by molar-refractivity contribution is 6.30. The van der Waals surface area contributed by atoms with E-state index < -0.39 is 0 Å². The standard InChI is InChI=1S/C20H21ClN6O/c1-28-19-7-5-17(6-8-19)27-20(22-23-24-27)9-10-25-11-13-26(14-12-25)18-4-2-3-16(21)15-18/h2-10,15H,11-14H2,1H3. The van der Waals surface area contributed by atoms with Crippen LogP contribution in [-0.4, -0.2) is 58.4 Å². The highest BCUT2D eigenvalue weighted by Gasteiger charge is 2.15. The molecule has 1 aromatic heterocycles. The van der Waals surface area contributed by atoms with E-state index in [0.717, 1.165) is 42.6 Å². The van der Waals surface area contributed by atoms with Crippen molar-refractivity contribution < 1.29 is 4.74 Å². The molecule has 1 fully saturated rings. The molecule has 0 unspecified atom stereocenters. The maximum Gasteiger partial charge on any atom is 0.181 e. The first-order valence-electron chi connectivity index (χ1n) is 9.08. The highest BCUT2D eigenvalue weighted by Crippen LogP contribution is 2.21. The van der Waals surface area contributed by atoms with Gasteiger partial charge in [0.1, 0.15) is 5.75 Å². The number of methoxy groups -OCH3 is 1. The molecule has 0 saturated carbocycles. The molecule has 2 heterocycles. The summed E-state index contributed by atoms with van der Waals surface area (Å²) in [4.78, 5) is 4.62. The van der Waals surface area contributed by atoms with Crippen LogP contribution in [-0.2, 0) is 0 Å². The first kappa shape index (κ1) is 18.3. The van der Waals surface area contributed by atoms with Gasteiger partial charge in [0.2, 0.25) is 0 Å². The van der Waals surface area contributed by atoms with Gasteiger partial charge in [-0.15, -0.1) is 5.10 Å². The third-order valence-electron chi connectivity index (χ3n) is 4.73. The van der Waals surface area contributed by atoms with Crippen LogP contribution in [0.3, 0.4) is 0 Å². The van der Waals surface area contributed by atoms with Crippen LogP contribution in [0.1, 0.15) is 5.82 Å². The Balaban J connectivity index is 1.40. The van der Waals surface area contributed by atoms with Gasteiger partial charge < -0.3 is 14.5 Å². The zero-order valence-corrected chi connectivity index (χ0v) is 16.3. The molecule has 1 saturated heterocycles. The van der Waals surface area contributed by atoms with Crippen LogP contribution in [0.25, 0.3) is 11.8 Å². The normalized spacial score (nSPS) is 14.6. The third-order valence-corrected chi connectivity index (χ3v) is 4.97. The Morgan fingerprint density at radius 2 is 1.79 bits per heavy atom. The molecule has 0 radical (unpaired) electrons. The Morgan fingerprint density at radius 1 is 1.00 bits per heavy atom. The fraction of sp³-hybridized carbons (Fsp3) is 0.250. The number of hydrogen-bond acceptors (Lipinski definition) is 6. The lowest BCUT2D eigenvalue weighted by Crippen LogP contribution is -2.44. The topological polar surface area (TPSA) is 59.3 Å². The first-order valence-corrected chi connectivity index (χ1v) is 9.46. The van der Waals surface area contributed by atoms with E-state index in [1.54, 1.807) is 11.8 Å². The maximum atomic E-state index is 6.11. The maximum absolute atomic E-state index is 6.11. The van der Waals surface area contributed by atoms with Gasteiger partial charge in [-0.1, -0.05) is 17.7 Å². The van der Waals surface area contributed by atoms with Crippen LogP contribution in [0.2, 0.25) is 5.02 Å². The Kier molecular flexibility index (Phi) is 5.43. The summed E-state index contributed by atoms with van der Waals surface area (Å²) in [6.07, 6.45) is 4.00. The smallest absolute Gasteiger partial charge is 0.181 e. The SMILES string of the molecule is COc1ccc(-n2nnnc2C=CN2CCN(c3cccc(Cl)c3)CC2)cc1. The minimum Gasteiger partial charge on any atom is -0.497 e. The molecule has 0 N–H and O–H groups in total. The molecule has 28 heavy (non-hydrogen) atoms. The van der Waals surface area contributed by atoms with Gasteiger partial charge in [-0.3, -0.25) is 0 Å². The monoisotopic (exact) mass is 396 g/mol. The Labute approximate surface area is 168 Å². The number of rotatable bonds is 5. The molecular weight excluding hydrogens is 376 g/mol. The lowest BCUT2D eigenvalue weighted by Gasteiger charge is -2.35. The minimum absolute atomic E-state index is 0.683. The van der Waals surface area contributed by atoms with Crippen molar-refractivity contribution >= 4 is 23.4 Å². The van der Waals surface area contributed by atoms with Gasteiger partial charge in [0.25, 0.3) is 0 Å². The lowest BCUT2D eigenvalue weighted by atomic mass is 10.2. The van der Waals surface area contributed by atoms with Crippen molar-refractivity contribution in [1.82, 2.24) is 25.1 Å². The van der Waals surface area contributed by atoms with Gasteiger partial charge in [0, 0.05) is 49.2 Å². The van der Waals surface area contributed by atoms with Crippen LogP contribution in [0.15, 0.2) is 54.7 Å². The van der Waals surface area contributed by atoms with E-state index >= 15 is 0 Å². The van der Waals surface area contributed by atoms with Crippen molar-refractivity contribution in [3.63, 3.8) is 0 Å². The van der Waals surface area contributed by atoms with Crippen LogP contribution < -0.4 is 9.64 Å². The fourth-order valence-corrected chi connectivity index (χ4v) is 3.36. The zero-order chi connectivity index (χ0) is 19.3. The molecular formula is C20H21ClN6O. The largest absolute Gasteiger partial charge is 0.497 e. The molecule has 0 aliphatic carbocycles. The van der Waals surface area contributed by atoms with E-state index in [0.29, 0.717) is 5.82 Å². The van der Waals surface area contributed by atoms with Crippen LogP contribution in [0.5, 0.6) is 5.75 Å². The summed E-state index contributed by atoms with van der Waals surface area (Å²) >= 11 is 6.11. The van der Waals surface area contributed by atoms with Gasteiger partial charge in [-0.2, -0.15) is 4.68 Å². The second-order valence-electron chi connectivity index (χ2n) is 6.47. The van der Waals surface area contributed by atoms with Gasteiger partial charge in [0.05, 0.1) is 12.8 Å². The number of piperazine rings is 1. The number of ether oxygens (including phenoxy) is 1. The van der Waals surface area contributed by atoms with Crippen molar-refractivity contribution in [2.75, 3.05) is 38.2 Å². The molecule has 4 rings (SSSR count). The van der Waals surface area contributed by atoms with Gasteiger partial charge in [-0.25, -0.2) is 0 Å². The average molecular weight is 397 g/mol. The van der Waals surface area contributed by atoms with Gasteiger partial charge >= 0.3 is 0 Å². The number of halogens is 1. The van der Waals surface area contributed by atoms with Crippen LogP contribution in [0.4, 0.5) is 5.69 Å². The Morgan fingerprint density at radius 3 is 2.50 bits per heavy atom. The van der Waals surface area contributed by atoms with Crippen molar-refractivity contribution in [2.24, 2.45) is 0 Å². The Bertz CT molecular complexity index is 947. The quantitative estimate of drug-likeness (QED) is 0.660. The number of benzene rings is 2. The van der Waals surface area contributed by atoms with E-state index in [4.69, 9.17) is 16.3 Å². The molecule has 1 aliphatic rings. The fourth-order valence-electron chi connectivity index (χ4n) is 3.18. The first-order chi connectivity index (χ1) is 13.7. The summed E-state index contributed by atoms with van der Waals surface area (Å²) in [6, 6.07) is 15.6. The van der Waals surface area contributed by atoms with Crippen molar-refractivity contribution in [1.29, 1.82) is 0 Å². The van der Waals surface area contributed by atoms with E-state index in [1.807, 2.05) is 48.5 Å². The summed E-state index contributed by atoms with van der Waals surface area (Å²) in [5.41, 5.74) is 2.05. The summed E-state index contributed by atoms with van der Waals surface area (Å²) in [5, 5.41) is 12.8. The van der Waals surface area contributed by atoms with E-state index in [1.165, 1.54) is 5.69 Å². The molecule has 144 valence electrons. The van der Waals surface area contributed by atoms with Gasteiger partial charge in [-0.05, 0) is 52.9 Å². The molecule has 7 nitrogen and oxygen atoms in total. The second kappa shape index (κ2) is 8.31. The number of hydrogen-bond donors (Lipinski definition) is 0. The van der Waals surface area contributed by atoms with Crippen LogP contribution >= 0.6 is 11.6 Å². The molecule has 2 aromatic carbocycles. The molecule has 0 spiro atoms. The lowest BCUT2D eigenvalue weighted by molar-refractivity contribution is 0.351. The predicted octanol–water partition coefficient (Wildman–Crippen LogP) is 3.12. The van der Waals surface area contributed by atoms with E-state index in [-0.39, 0.29) is 0 Å². The average Bonchev–Trinajstić information content (AvgIpc) is 3.21. The zero-order valence-electron chi connectivity index (χ0n) is 15.6. The highest BCUT2D eigenvalue weighted by atomic mass is 35.5. The molecule has 8 heteroatoms. The number of nitrogens with zero attached hydrogens (tertiary/aromatic N) is 6. The van der Waals surface area contributed by atoms with Crippen molar-refractivity contribution in [3.8, 4) is 11.4 Å². The number of tetrazole rings is 1. The summed E-state index contributed by atoms with van der Waals surface area (Å²) in [7, 11) is 1.65. The molecule has 3 aromatic rings. The van der Waals surface area contributed by atoms with Crippen LogP contribution in [0, 0.1) is 0 Å². The number of anilines is 1. The summed E-state index contributed by atoms with van der Waals surface area (Å²) < 4.78 is 6.90. The minimum atomic E-state index is 0.683. The molecule has 0 atom stereocenters. The van der Waals surface area contributed by atoms with Crippen molar-refractivity contribution in [2.45, 2.75) is 0 Å². The summed E-state index contributed by atoms with van der Waals surface area (Å²) in [5.74, 6) is 1.48. The second-order valence-corrected chi connectivity index (χ2v) is 6.90. The third kappa shape index (κ3) is 4.09. The molecule has 0 bridgehead atoms. The van der Waals surface area contributed by atoms with Gasteiger partial charge in [0.15, 0.2) is 5.82 Å². The molecule has 1 aliphatic heterocycles. The van der Waals surface area contributed by atoms with Crippen molar-refractivity contribution in [3.05, 3.63) is 65.6 Å². The van der Waals surface area contributed by atoms with E-state index in [9.17, 15) is 0 Å². The molecule has 0 amide bonds. The number of aromatic nitrogens is 4.